The maximum absolute atomic E-state index is 13.4. The van der Waals surface area contributed by atoms with Gasteiger partial charge in [0.25, 0.3) is 0 Å². The van der Waals surface area contributed by atoms with E-state index in [1.807, 2.05) is 13.8 Å². The van der Waals surface area contributed by atoms with E-state index in [1.54, 1.807) is 41.5 Å². The van der Waals surface area contributed by atoms with Crippen molar-refractivity contribution in [2.45, 2.75) is 19.8 Å². The largest absolute Gasteiger partial charge is 0.299 e. The molecule has 0 fully saturated rings. The van der Waals surface area contributed by atoms with Crippen LogP contribution in [0.2, 0.25) is 0 Å². The van der Waals surface area contributed by atoms with E-state index in [9.17, 15) is 9.18 Å². The van der Waals surface area contributed by atoms with Gasteiger partial charge in [-0.25, -0.2) is 14.1 Å². The van der Waals surface area contributed by atoms with Crippen LogP contribution in [0, 0.1) is 5.82 Å². The summed E-state index contributed by atoms with van der Waals surface area (Å²) in [5, 5.41) is 4.68. The molecule has 1 aromatic carbocycles. The molecule has 25 heavy (non-hydrogen) atoms. The molecule has 2 aromatic heterocycles. The van der Waals surface area contributed by atoms with E-state index in [0.717, 1.165) is 28.8 Å². The second-order valence-electron chi connectivity index (χ2n) is 5.78. The molecular weight excluding hydrogens is 319 g/mol. The first-order valence-electron chi connectivity index (χ1n) is 7.89. The Hall–Kier alpha value is -3.15. The number of aromatic nitrogens is 4. The second-order valence-corrected chi connectivity index (χ2v) is 5.78. The van der Waals surface area contributed by atoms with Crippen LogP contribution in [-0.2, 0) is 4.79 Å². The molecular formula is C19H17FN4O. The molecule has 6 heteroatoms. The van der Waals surface area contributed by atoms with Crippen LogP contribution in [0.5, 0.6) is 0 Å². The fourth-order valence-electron chi connectivity index (χ4n) is 2.63. The summed E-state index contributed by atoms with van der Waals surface area (Å²) in [5.41, 5.74) is 3.14. The zero-order valence-electron chi connectivity index (χ0n) is 13.9. The molecule has 0 aliphatic carbocycles. The molecule has 0 saturated carbocycles. The monoisotopic (exact) mass is 336 g/mol. The summed E-state index contributed by atoms with van der Waals surface area (Å²) >= 11 is 0. The minimum absolute atomic E-state index is 0.128. The van der Waals surface area contributed by atoms with Crippen molar-refractivity contribution in [3.8, 4) is 17.1 Å². The third kappa shape index (κ3) is 3.38. The van der Waals surface area contributed by atoms with Crippen LogP contribution < -0.4 is 0 Å². The Morgan fingerprint density at radius 3 is 2.52 bits per heavy atom. The molecule has 0 aliphatic rings. The Kier molecular flexibility index (Phi) is 4.79. The molecule has 0 bridgehead atoms. The van der Waals surface area contributed by atoms with Gasteiger partial charge in [-0.3, -0.25) is 9.78 Å². The zero-order valence-corrected chi connectivity index (χ0v) is 13.9. The van der Waals surface area contributed by atoms with Crippen molar-refractivity contribution >= 4 is 12.4 Å². The van der Waals surface area contributed by atoms with Gasteiger partial charge in [-0.1, -0.05) is 13.8 Å². The van der Waals surface area contributed by atoms with E-state index in [-0.39, 0.29) is 11.7 Å². The van der Waals surface area contributed by atoms with Gasteiger partial charge in [0.15, 0.2) is 5.82 Å². The number of allylic oxidation sites excluding steroid dienone is 1. The number of hydrogen-bond donors (Lipinski definition) is 0. The molecule has 0 atom stereocenters. The lowest BCUT2D eigenvalue weighted by Crippen LogP contribution is -2.03. The van der Waals surface area contributed by atoms with Gasteiger partial charge in [-0.2, -0.15) is 5.10 Å². The minimum Gasteiger partial charge on any atom is -0.299 e. The van der Waals surface area contributed by atoms with Crippen LogP contribution in [0.1, 0.15) is 31.0 Å². The summed E-state index contributed by atoms with van der Waals surface area (Å²) in [6, 6.07) is 6.15. The van der Waals surface area contributed by atoms with Crippen molar-refractivity contribution in [1.82, 2.24) is 19.7 Å². The van der Waals surface area contributed by atoms with Gasteiger partial charge in [-0.05, 0) is 42.3 Å². The molecule has 0 N–H and O–H groups in total. The van der Waals surface area contributed by atoms with E-state index >= 15 is 0 Å². The van der Waals surface area contributed by atoms with Crippen LogP contribution in [0.15, 0.2) is 48.9 Å². The van der Waals surface area contributed by atoms with Gasteiger partial charge in [0.1, 0.15) is 12.1 Å². The average Bonchev–Trinajstić information content (AvgIpc) is 3.01. The fraction of sp³-hybridized carbons (Fsp3) is 0.158. The van der Waals surface area contributed by atoms with Crippen LogP contribution in [0.25, 0.3) is 23.2 Å². The molecule has 0 aliphatic heterocycles. The topological polar surface area (TPSA) is 60.7 Å². The quantitative estimate of drug-likeness (QED) is 0.525. The summed E-state index contributed by atoms with van der Waals surface area (Å²) < 4.78 is 15.0. The predicted octanol–water partition coefficient (Wildman–Crippen LogP) is 3.80. The van der Waals surface area contributed by atoms with Gasteiger partial charge >= 0.3 is 0 Å². The molecule has 0 spiro atoms. The molecule has 3 rings (SSSR count). The average molecular weight is 336 g/mol. The van der Waals surface area contributed by atoms with Gasteiger partial charge in [-0.15, -0.1) is 0 Å². The standard InChI is InChI=1S/C19H17FN4O/c1-13(2)18-16(4-3-11-25)19(14-5-7-15(20)8-6-14)24(23-18)17-12-21-9-10-22-17/h3-13H,1-2H3. The van der Waals surface area contributed by atoms with E-state index in [4.69, 9.17) is 0 Å². The van der Waals surface area contributed by atoms with Crippen molar-refractivity contribution in [2.75, 3.05) is 0 Å². The molecule has 0 unspecified atom stereocenters. The Morgan fingerprint density at radius 2 is 1.92 bits per heavy atom. The predicted molar refractivity (Wildman–Crippen MR) is 93.7 cm³/mol. The lowest BCUT2D eigenvalue weighted by Gasteiger charge is -2.08. The first-order chi connectivity index (χ1) is 12.1. The highest BCUT2D eigenvalue weighted by molar-refractivity contribution is 5.81. The number of halogens is 1. The number of carbonyl (C=O) groups is 1. The van der Waals surface area contributed by atoms with Crippen LogP contribution in [0.4, 0.5) is 4.39 Å². The smallest absolute Gasteiger partial charge is 0.172 e. The molecule has 2 heterocycles. The lowest BCUT2D eigenvalue weighted by molar-refractivity contribution is -0.104. The highest BCUT2D eigenvalue weighted by Crippen LogP contribution is 2.33. The Morgan fingerprint density at radius 1 is 1.16 bits per heavy atom. The normalized spacial score (nSPS) is 11.4. The van der Waals surface area contributed by atoms with E-state index in [1.165, 1.54) is 18.2 Å². The number of nitrogens with zero attached hydrogens (tertiary/aromatic N) is 4. The second kappa shape index (κ2) is 7.17. The molecule has 126 valence electrons. The molecule has 5 nitrogen and oxygen atoms in total. The van der Waals surface area contributed by atoms with Crippen LogP contribution in [-0.4, -0.2) is 26.0 Å². The van der Waals surface area contributed by atoms with Gasteiger partial charge in [0, 0.05) is 23.5 Å². The third-order valence-electron chi connectivity index (χ3n) is 3.72. The highest BCUT2D eigenvalue weighted by atomic mass is 19.1. The maximum Gasteiger partial charge on any atom is 0.172 e. The molecule has 0 amide bonds. The van der Waals surface area contributed by atoms with Crippen molar-refractivity contribution in [1.29, 1.82) is 0 Å². The van der Waals surface area contributed by atoms with E-state index in [2.05, 4.69) is 15.1 Å². The van der Waals surface area contributed by atoms with Crippen LogP contribution in [0.3, 0.4) is 0 Å². The van der Waals surface area contributed by atoms with E-state index in [0.29, 0.717) is 5.82 Å². The van der Waals surface area contributed by atoms with Gasteiger partial charge < -0.3 is 0 Å². The van der Waals surface area contributed by atoms with E-state index < -0.39 is 0 Å². The molecule has 3 aromatic rings. The SMILES string of the molecule is CC(C)c1nn(-c2cnccn2)c(-c2ccc(F)cc2)c1C=CC=O. The highest BCUT2D eigenvalue weighted by Gasteiger charge is 2.21. The Bertz CT molecular complexity index is 899. The Balaban J connectivity index is 2.32. The summed E-state index contributed by atoms with van der Waals surface area (Å²) in [7, 11) is 0. The number of aldehydes is 1. The van der Waals surface area contributed by atoms with Crippen molar-refractivity contribution in [2.24, 2.45) is 0 Å². The summed E-state index contributed by atoms with van der Waals surface area (Å²) in [6.07, 6.45) is 8.65. The van der Waals surface area contributed by atoms with Gasteiger partial charge in [0.05, 0.1) is 17.6 Å². The van der Waals surface area contributed by atoms with Crippen molar-refractivity contribution in [3.63, 3.8) is 0 Å². The first-order valence-corrected chi connectivity index (χ1v) is 7.89. The van der Waals surface area contributed by atoms with Crippen molar-refractivity contribution < 1.29 is 9.18 Å². The van der Waals surface area contributed by atoms with Crippen LogP contribution >= 0.6 is 0 Å². The Labute approximate surface area is 144 Å². The number of benzene rings is 1. The summed E-state index contributed by atoms with van der Waals surface area (Å²) in [6.45, 7) is 4.05. The fourth-order valence-corrected chi connectivity index (χ4v) is 2.63. The number of rotatable bonds is 5. The minimum atomic E-state index is -0.316. The third-order valence-corrected chi connectivity index (χ3v) is 3.72. The summed E-state index contributed by atoms with van der Waals surface area (Å²) in [5.74, 6) is 0.362. The number of carbonyl (C=O) groups excluding carboxylic acids is 1. The van der Waals surface area contributed by atoms with Gasteiger partial charge in [0.2, 0.25) is 0 Å². The first kappa shape index (κ1) is 16.7. The number of hydrogen-bond acceptors (Lipinski definition) is 4. The summed E-state index contributed by atoms with van der Waals surface area (Å²) in [4.78, 5) is 19.3. The molecule has 0 saturated heterocycles. The zero-order chi connectivity index (χ0) is 17.8. The lowest BCUT2D eigenvalue weighted by atomic mass is 10.00. The molecule has 0 radical (unpaired) electrons. The maximum atomic E-state index is 13.4. The van der Waals surface area contributed by atoms with Crippen molar-refractivity contribution in [3.05, 3.63) is 66.0 Å².